The van der Waals surface area contributed by atoms with Gasteiger partial charge in [0.05, 0.1) is 50.9 Å². The summed E-state index contributed by atoms with van der Waals surface area (Å²) in [5, 5.41) is 15.0. The zero-order valence-electron chi connectivity index (χ0n) is 31.2. The molecule has 2 aromatic carbocycles. The molecule has 1 N–H and O–H groups in total. The molecule has 4 aromatic rings. The average molecular weight is 832 g/mol. The second-order valence-electron chi connectivity index (χ2n) is 16.4. The van der Waals surface area contributed by atoms with E-state index in [2.05, 4.69) is 16.0 Å². The Kier molecular flexibility index (Phi) is 8.65. The third-order valence-corrected chi connectivity index (χ3v) is 14.1. The van der Waals surface area contributed by atoms with E-state index in [-0.39, 0.29) is 70.9 Å². The maximum Gasteiger partial charge on any atom is 0.416 e. The standard InChI is InChI=1S/C43H36Cl2F4N6O3/c1-19-26-16-31(39-28-17-32(55(39)40(56)20-7-8-20)42(58)53(41(28)57)24-11-9-23(10-12-24)43(47,48)49)54(37-22-15-30(37)51-18-22)38(26)27-14-21(4-3-13-50)33(35(46)36(27)52-19)25-5-2-6-29(44)34(25)45/h6,9-12,14,16,20,22,28,30,32,37,39,51H,2-5,7-8,15,17-18H2,1H3/t22-,28-,30-,32-,37+,39-/m1/s1. The average Bonchev–Trinajstić information content (AvgIpc) is 3.47. The second kappa shape index (κ2) is 13.4. The van der Waals surface area contributed by atoms with Crippen molar-refractivity contribution in [2.24, 2.45) is 17.8 Å². The van der Waals surface area contributed by atoms with Gasteiger partial charge in [-0.15, -0.1) is 0 Å². The molecule has 58 heavy (non-hydrogen) atoms. The molecule has 6 fully saturated rings. The lowest BCUT2D eigenvalue weighted by Gasteiger charge is -2.40. The van der Waals surface area contributed by atoms with Crippen LogP contribution in [-0.2, 0) is 27.0 Å². The molecule has 4 bridgehead atoms. The van der Waals surface area contributed by atoms with Gasteiger partial charge in [0.25, 0.3) is 5.91 Å². The number of pyridine rings is 1. The first-order chi connectivity index (χ1) is 27.8. The second-order valence-corrected chi connectivity index (χ2v) is 17.2. The third-order valence-electron chi connectivity index (χ3n) is 13.2. The molecule has 2 aromatic heterocycles. The molecular weight excluding hydrogens is 795 g/mol. The van der Waals surface area contributed by atoms with Gasteiger partial charge in [-0.1, -0.05) is 29.3 Å². The van der Waals surface area contributed by atoms with Crippen molar-refractivity contribution in [3.63, 3.8) is 0 Å². The molecule has 11 rings (SSSR count). The summed E-state index contributed by atoms with van der Waals surface area (Å²) in [4.78, 5) is 50.8. The van der Waals surface area contributed by atoms with Crippen molar-refractivity contribution >= 4 is 74.0 Å². The number of anilines is 1. The molecule has 0 unspecified atom stereocenters. The van der Waals surface area contributed by atoms with Gasteiger partial charge in [-0.25, -0.2) is 14.3 Å². The number of fused-ring (bicyclic) bond motifs is 6. The molecule has 0 radical (unpaired) electrons. The van der Waals surface area contributed by atoms with Gasteiger partial charge in [0.2, 0.25) is 11.8 Å². The fourth-order valence-electron chi connectivity index (χ4n) is 10.3. The fourth-order valence-corrected chi connectivity index (χ4v) is 10.8. The van der Waals surface area contributed by atoms with Crippen LogP contribution in [0.5, 0.6) is 0 Å². The van der Waals surface area contributed by atoms with E-state index in [1.165, 1.54) is 0 Å². The van der Waals surface area contributed by atoms with Crippen molar-refractivity contribution < 1.29 is 31.9 Å². The van der Waals surface area contributed by atoms with Gasteiger partial charge in [0, 0.05) is 52.6 Å². The van der Waals surface area contributed by atoms with Crippen LogP contribution in [0.15, 0.2) is 52.5 Å². The smallest absolute Gasteiger partial charge is 0.337 e. The summed E-state index contributed by atoms with van der Waals surface area (Å²) in [6.45, 7) is 2.53. The molecule has 6 atom stereocenters. The van der Waals surface area contributed by atoms with Crippen molar-refractivity contribution in [3.8, 4) is 6.07 Å². The summed E-state index contributed by atoms with van der Waals surface area (Å²) in [7, 11) is 0. The molecule has 7 aliphatic rings. The van der Waals surface area contributed by atoms with Crippen molar-refractivity contribution in [3.05, 3.63) is 86.4 Å². The largest absolute Gasteiger partial charge is 0.416 e. The minimum absolute atomic E-state index is 0.00568. The highest BCUT2D eigenvalue weighted by Gasteiger charge is 2.60. The summed E-state index contributed by atoms with van der Waals surface area (Å²) in [5.74, 6) is -3.08. The van der Waals surface area contributed by atoms with E-state index >= 15 is 4.39 Å². The number of rotatable bonds is 7. The number of hydrogen-bond acceptors (Lipinski definition) is 6. The van der Waals surface area contributed by atoms with Gasteiger partial charge in [-0.05, 0) is 105 Å². The Labute approximate surface area is 340 Å². The third kappa shape index (κ3) is 5.51. The van der Waals surface area contributed by atoms with Crippen molar-refractivity contribution in [1.82, 2.24) is 19.8 Å². The van der Waals surface area contributed by atoms with Gasteiger partial charge >= 0.3 is 6.18 Å². The highest BCUT2D eigenvalue weighted by molar-refractivity contribution is 6.46. The predicted octanol–water partition coefficient (Wildman–Crippen LogP) is 8.75. The molecule has 4 saturated heterocycles. The van der Waals surface area contributed by atoms with Crippen LogP contribution in [0.25, 0.3) is 27.4 Å². The minimum atomic E-state index is -4.61. The topological polar surface area (TPSA) is 111 Å². The Hall–Kier alpha value is -4.77. The van der Waals surface area contributed by atoms with Crippen LogP contribution in [0.4, 0.5) is 23.2 Å². The van der Waals surface area contributed by atoms with Gasteiger partial charge in [0.15, 0.2) is 5.82 Å². The summed E-state index contributed by atoms with van der Waals surface area (Å²) in [6.07, 6.45) is 0.796. The zero-order chi connectivity index (χ0) is 40.5. The normalized spacial score (nSPS) is 26.8. The molecule has 4 aliphatic heterocycles. The molecule has 3 amide bonds. The molecule has 298 valence electrons. The SMILES string of the molecule is Cc1nc2c(F)c(C3=C(Cl)C(Cl)=CCC3)c(CCC#N)cc2c2c1cc([C@H]1[C@H]3C[C@H](C(=O)N(c4ccc(C(F)(F)F)cc4)C3=O)N1C(=O)C1CC1)n2[C@H]1[C@H]2CN[C@@H]1C2. The molecular formula is C43H36Cl2F4N6O3. The number of carbonyl (C=O) groups is 3. The van der Waals surface area contributed by atoms with Crippen LogP contribution in [0, 0.1) is 41.8 Å². The van der Waals surface area contributed by atoms with Crippen LogP contribution < -0.4 is 10.2 Å². The number of alkyl halides is 3. The molecule has 6 heterocycles. The van der Waals surface area contributed by atoms with Crippen LogP contribution in [0.1, 0.15) is 85.1 Å². The molecule has 15 heteroatoms. The number of hydrogen-bond donors (Lipinski definition) is 1. The zero-order valence-corrected chi connectivity index (χ0v) is 32.7. The molecule has 2 saturated carbocycles. The number of halogens is 6. The number of piperidine rings is 1. The van der Waals surface area contributed by atoms with Gasteiger partial charge in [-0.3, -0.25) is 14.4 Å². The number of nitrogens with zero attached hydrogens (tertiary/aromatic N) is 5. The minimum Gasteiger partial charge on any atom is -0.337 e. The number of aryl methyl sites for hydroxylation is 2. The monoisotopic (exact) mass is 830 g/mol. The first kappa shape index (κ1) is 37.5. The van der Waals surface area contributed by atoms with E-state index in [9.17, 15) is 32.8 Å². The van der Waals surface area contributed by atoms with Gasteiger partial charge in [0.1, 0.15) is 11.6 Å². The Morgan fingerprint density at radius 3 is 2.48 bits per heavy atom. The summed E-state index contributed by atoms with van der Waals surface area (Å²) in [5.41, 5.74) is 2.46. The summed E-state index contributed by atoms with van der Waals surface area (Å²) >= 11 is 13.2. The number of nitriles is 1. The van der Waals surface area contributed by atoms with E-state index < -0.39 is 47.4 Å². The van der Waals surface area contributed by atoms with Crippen molar-refractivity contribution in [2.75, 3.05) is 11.4 Å². The van der Waals surface area contributed by atoms with Crippen LogP contribution in [0.2, 0.25) is 0 Å². The maximum atomic E-state index is 17.4. The highest BCUT2D eigenvalue weighted by Crippen LogP contribution is 2.55. The molecule has 9 nitrogen and oxygen atoms in total. The van der Waals surface area contributed by atoms with Crippen molar-refractivity contribution in [1.29, 1.82) is 5.26 Å². The van der Waals surface area contributed by atoms with Crippen LogP contribution >= 0.6 is 23.2 Å². The quantitative estimate of drug-likeness (QED) is 0.147. The summed E-state index contributed by atoms with van der Waals surface area (Å²) in [6, 6.07) is 7.94. The number of nitrogens with one attached hydrogen (secondary N) is 1. The van der Waals surface area contributed by atoms with Crippen LogP contribution in [-0.4, -0.2) is 50.8 Å². The number of likely N-dealkylation sites (tertiary alicyclic amines) is 1. The van der Waals surface area contributed by atoms with E-state index in [1.54, 1.807) is 17.9 Å². The summed E-state index contributed by atoms with van der Waals surface area (Å²) < 4.78 is 60.0. The number of imide groups is 1. The fraction of sp³-hybridized carbons (Fsp3) is 0.419. The first-order valence-corrected chi connectivity index (χ1v) is 20.4. The van der Waals surface area contributed by atoms with Gasteiger partial charge in [-0.2, -0.15) is 18.4 Å². The predicted molar refractivity (Wildman–Crippen MR) is 209 cm³/mol. The molecule has 3 aliphatic carbocycles. The lowest BCUT2D eigenvalue weighted by atomic mass is 9.79. The van der Waals surface area contributed by atoms with E-state index in [4.69, 9.17) is 28.2 Å². The Morgan fingerprint density at radius 2 is 1.83 bits per heavy atom. The lowest BCUT2D eigenvalue weighted by molar-refractivity contribution is -0.140. The molecule has 0 spiro atoms. The number of benzene rings is 2. The number of allylic oxidation sites excluding steroid dienone is 4. The maximum absolute atomic E-state index is 17.4. The Balaban J connectivity index is 1.20. The Morgan fingerprint density at radius 1 is 1.07 bits per heavy atom. The lowest BCUT2D eigenvalue weighted by Crippen LogP contribution is -2.52. The van der Waals surface area contributed by atoms with E-state index in [0.717, 1.165) is 42.1 Å². The first-order valence-electron chi connectivity index (χ1n) is 19.7. The van der Waals surface area contributed by atoms with Crippen LogP contribution in [0.3, 0.4) is 0 Å². The number of aromatic nitrogens is 2. The number of carbonyl (C=O) groups excluding carboxylic acids is 3. The van der Waals surface area contributed by atoms with E-state index in [0.29, 0.717) is 69.5 Å². The van der Waals surface area contributed by atoms with Gasteiger partial charge < -0.3 is 14.8 Å². The highest BCUT2D eigenvalue weighted by atomic mass is 35.5. The van der Waals surface area contributed by atoms with Crippen molar-refractivity contribution in [2.45, 2.75) is 88.6 Å². The number of amides is 3. The Bertz CT molecular complexity index is 2590. The van der Waals surface area contributed by atoms with E-state index in [1.807, 2.05) is 12.1 Å².